The Morgan fingerprint density at radius 2 is 1.76 bits per heavy atom. The van der Waals surface area contributed by atoms with E-state index in [1.54, 1.807) is 25.1 Å². The van der Waals surface area contributed by atoms with Gasteiger partial charge in [0, 0.05) is 4.47 Å². The van der Waals surface area contributed by atoms with Crippen LogP contribution in [0.15, 0.2) is 46.6 Å². The molecule has 1 saturated heterocycles. The minimum absolute atomic E-state index is 0.149. The summed E-state index contributed by atoms with van der Waals surface area (Å²) in [6, 6.07) is 10.5. The summed E-state index contributed by atoms with van der Waals surface area (Å²) in [4.78, 5) is 38.1. The monoisotopic (exact) mass is 516 g/mol. The number of ether oxygens (including phenoxy) is 3. The van der Waals surface area contributed by atoms with Crippen molar-refractivity contribution in [3.8, 4) is 11.5 Å². The third kappa shape index (κ3) is 6.13. The highest BCUT2D eigenvalue weighted by Gasteiger charge is 2.33. The SMILES string of the molecule is CCOC(=O)COc1cc(Br)c(/C=C2/NC(=O)N(Cc3ccc(C)cc3)C2=O)cc1OCC. The van der Waals surface area contributed by atoms with Crippen molar-refractivity contribution < 1.29 is 28.6 Å². The lowest BCUT2D eigenvalue weighted by Crippen LogP contribution is -2.30. The zero-order valence-electron chi connectivity index (χ0n) is 18.6. The first-order valence-corrected chi connectivity index (χ1v) is 11.3. The van der Waals surface area contributed by atoms with E-state index < -0.39 is 17.9 Å². The van der Waals surface area contributed by atoms with E-state index in [0.29, 0.717) is 28.1 Å². The number of halogens is 1. The smallest absolute Gasteiger partial charge is 0.344 e. The molecule has 1 fully saturated rings. The van der Waals surface area contributed by atoms with Gasteiger partial charge in [0.15, 0.2) is 18.1 Å². The van der Waals surface area contributed by atoms with Gasteiger partial charge < -0.3 is 19.5 Å². The summed E-state index contributed by atoms with van der Waals surface area (Å²) in [7, 11) is 0. The summed E-state index contributed by atoms with van der Waals surface area (Å²) in [6.45, 7) is 6.05. The van der Waals surface area contributed by atoms with E-state index >= 15 is 0 Å². The standard InChI is InChI=1S/C24H25BrN2O6/c1-4-31-20-11-17(18(25)12-21(20)33-14-22(28)32-5-2)10-19-23(29)27(24(30)26-19)13-16-8-6-15(3)7-9-16/h6-12H,4-5,13-14H2,1-3H3,(H,26,30)/b19-10+. The van der Waals surface area contributed by atoms with Crippen LogP contribution >= 0.6 is 15.9 Å². The summed E-state index contributed by atoms with van der Waals surface area (Å²) >= 11 is 3.45. The van der Waals surface area contributed by atoms with Gasteiger partial charge in [-0.2, -0.15) is 0 Å². The molecule has 33 heavy (non-hydrogen) atoms. The molecule has 0 unspecified atom stereocenters. The van der Waals surface area contributed by atoms with Crippen LogP contribution < -0.4 is 14.8 Å². The third-order valence-electron chi connectivity index (χ3n) is 4.74. The van der Waals surface area contributed by atoms with Gasteiger partial charge in [-0.3, -0.25) is 9.69 Å². The highest BCUT2D eigenvalue weighted by Crippen LogP contribution is 2.35. The summed E-state index contributed by atoms with van der Waals surface area (Å²) in [5, 5.41) is 2.63. The van der Waals surface area contributed by atoms with Crippen molar-refractivity contribution >= 4 is 39.9 Å². The molecule has 1 N–H and O–H groups in total. The molecule has 0 bridgehead atoms. The second-order valence-corrected chi connectivity index (χ2v) is 8.07. The molecule has 2 aromatic carbocycles. The zero-order valence-corrected chi connectivity index (χ0v) is 20.2. The largest absolute Gasteiger partial charge is 0.490 e. The van der Waals surface area contributed by atoms with Gasteiger partial charge in [-0.1, -0.05) is 45.8 Å². The molecule has 8 nitrogen and oxygen atoms in total. The van der Waals surface area contributed by atoms with Crippen LogP contribution in [-0.4, -0.2) is 42.6 Å². The van der Waals surface area contributed by atoms with E-state index in [9.17, 15) is 14.4 Å². The van der Waals surface area contributed by atoms with Crippen LogP contribution in [0.25, 0.3) is 6.08 Å². The maximum absolute atomic E-state index is 12.9. The molecule has 0 atom stereocenters. The van der Waals surface area contributed by atoms with Crippen molar-refractivity contribution in [2.75, 3.05) is 19.8 Å². The van der Waals surface area contributed by atoms with Crippen LogP contribution in [0, 0.1) is 6.92 Å². The Balaban J connectivity index is 1.81. The van der Waals surface area contributed by atoms with E-state index in [-0.39, 0.29) is 25.5 Å². The molecule has 1 aliphatic rings. The van der Waals surface area contributed by atoms with E-state index in [2.05, 4.69) is 21.2 Å². The van der Waals surface area contributed by atoms with Gasteiger partial charge in [0.1, 0.15) is 5.70 Å². The number of carbonyl (C=O) groups excluding carboxylic acids is 3. The molecule has 1 aliphatic heterocycles. The molecule has 3 rings (SSSR count). The van der Waals surface area contributed by atoms with E-state index in [0.717, 1.165) is 16.0 Å². The fraction of sp³-hybridized carbons (Fsp3) is 0.292. The molecule has 0 saturated carbocycles. The molecular weight excluding hydrogens is 492 g/mol. The van der Waals surface area contributed by atoms with Crippen LogP contribution in [0.5, 0.6) is 11.5 Å². The quantitative estimate of drug-likeness (QED) is 0.305. The van der Waals surface area contributed by atoms with Crippen LogP contribution in [0.2, 0.25) is 0 Å². The number of nitrogens with one attached hydrogen (secondary N) is 1. The number of aryl methyl sites for hydroxylation is 1. The van der Waals surface area contributed by atoms with Gasteiger partial charge in [-0.25, -0.2) is 9.59 Å². The maximum Gasteiger partial charge on any atom is 0.344 e. The van der Waals surface area contributed by atoms with Crippen molar-refractivity contribution in [2.45, 2.75) is 27.3 Å². The lowest BCUT2D eigenvalue weighted by atomic mass is 10.1. The number of imide groups is 1. The molecule has 174 valence electrons. The van der Waals surface area contributed by atoms with Crippen LogP contribution in [-0.2, 0) is 20.9 Å². The lowest BCUT2D eigenvalue weighted by Gasteiger charge is -2.14. The second kappa shape index (κ2) is 11.0. The van der Waals surface area contributed by atoms with Gasteiger partial charge in [-0.15, -0.1) is 0 Å². The zero-order chi connectivity index (χ0) is 24.0. The number of benzene rings is 2. The number of urea groups is 1. The Kier molecular flexibility index (Phi) is 8.11. The van der Waals surface area contributed by atoms with Crippen molar-refractivity contribution in [3.63, 3.8) is 0 Å². The summed E-state index contributed by atoms with van der Waals surface area (Å²) in [5.41, 5.74) is 2.70. The van der Waals surface area contributed by atoms with Gasteiger partial charge in [0.25, 0.3) is 5.91 Å². The highest BCUT2D eigenvalue weighted by molar-refractivity contribution is 9.10. The van der Waals surface area contributed by atoms with Crippen molar-refractivity contribution in [3.05, 3.63) is 63.3 Å². The second-order valence-electron chi connectivity index (χ2n) is 7.21. The van der Waals surface area contributed by atoms with E-state index in [1.165, 1.54) is 0 Å². The number of esters is 1. The minimum atomic E-state index is -0.491. The first-order chi connectivity index (χ1) is 15.8. The average Bonchev–Trinajstić information content (AvgIpc) is 3.04. The van der Waals surface area contributed by atoms with Gasteiger partial charge in [-0.05, 0) is 50.1 Å². The predicted molar refractivity (Wildman–Crippen MR) is 126 cm³/mol. The molecular formula is C24H25BrN2O6. The predicted octanol–water partition coefficient (Wildman–Crippen LogP) is 4.19. The fourth-order valence-corrected chi connectivity index (χ4v) is 3.57. The highest BCUT2D eigenvalue weighted by atomic mass is 79.9. The number of nitrogens with zero attached hydrogens (tertiary/aromatic N) is 1. The normalized spacial score (nSPS) is 14.4. The van der Waals surface area contributed by atoms with E-state index in [4.69, 9.17) is 14.2 Å². The Bertz CT molecular complexity index is 1080. The van der Waals surface area contributed by atoms with Crippen molar-refractivity contribution in [2.24, 2.45) is 0 Å². The molecule has 0 aromatic heterocycles. The van der Waals surface area contributed by atoms with E-state index in [1.807, 2.05) is 38.1 Å². The Morgan fingerprint density at radius 1 is 1.06 bits per heavy atom. The van der Waals surface area contributed by atoms with Crippen molar-refractivity contribution in [1.29, 1.82) is 0 Å². The molecule has 0 aliphatic carbocycles. The number of hydrogen-bond donors (Lipinski definition) is 1. The Hall–Kier alpha value is -3.33. The molecule has 3 amide bonds. The molecule has 0 spiro atoms. The molecule has 9 heteroatoms. The average molecular weight is 517 g/mol. The molecule has 2 aromatic rings. The summed E-state index contributed by atoms with van der Waals surface area (Å²) in [5.74, 6) is -0.171. The fourth-order valence-electron chi connectivity index (χ4n) is 3.13. The minimum Gasteiger partial charge on any atom is -0.490 e. The summed E-state index contributed by atoms with van der Waals surface area (Å²) < 4.78 is 16.7. The van der Waals surface area contributed by atoms with Crippen LogP contribution in [0.1, 0.15) is 30.5 Å². The molecule has 1 heterocycles. The van der Waals surface area contributed by atoms with Gasteiger partial charge >= 0.3 is 12.0 Å². The first kappa shape index (κ1) is 24.3. The third-order valence-corrected chi connectivity index (χ3v) is 5.42. The first-order valence-electron chi connectivity index (χ1n) is 10.5. The number of amides is 3. The number of rotatable bonds is 9. The number of hydrogen-bond acceptors (Lipinski definition) is 6. The van der Waals surface area contributed by atoms with Crippen LogP contribution in [0.4, 0.5) is 4.79 Å². The lowest BCUT2D eigenvalue weighted by molar-refractivity contribution is -0.145. The Labute approximate surface area is 200 Å². The number of carbonyl (C=O) groups is 3. The topological polar surface area (TPSA) is 94.2 Å². The molecule has 0 radical (unpaired) electrons. The Morgan fingerprint density at radius 3 is 2.42 bits per heavy atom. The van der Waals surface area contributed by atoms with Crippen molar-refractivity contribution in [1.82, 2.24) is 10.2 Å². The van der Waals surface area contributed by atoms with Gasteiger partial charge in [0.2, 0.25) is 0 Å². The van der Waals surface area contributed by atoms with Crippen LogP contribution in [0.3, 0.4) is 0 Å². The summed E-state index contributed by atoms with van der Waals surface area (Å²) in [6.07, 6.45) is 1.57. The van der Waals surface area contributed by atoms with Gasteiger partial charge in [0.05, 0.1) is 19.8 Å². The maximum atomic E-state index is 12.9.